The molecule has 2 aromatic carbocycles. The van der Waals surface area contributed by atoms with Gasteiger partial charge in [0, 0.05) is 0 Å². The van der Waals surface area contributed by atoms with Gasteiger partial charge in [-0.25, -0.2) is 0 Å². The molecule has 0 saturated heterocycles. The number of allylic oxidation sites excluding steroid dienone is 2. The minimum absolute atomic E-state index is 0. The van der Waals surface area contributed by atoms with Gasteiger partial charge < -0.3 is 24.8 Å². The molecule has 0 saturated carbocycles. The van der Waals surface area contributed by atoms with Gasteiger partial charge >= 0.3 is 244 Å². The summed E-state index contributed by atoms with van der Waals surface area (Å²) in [5, 5.41) is 3.77. The summed E-state index contributed by atoms with van der Waals surface area (Å²) in [7, 11) is -0.134. The summed E-state index contributed by atoms with van der Waals surface area (Å²) in [6.07, 6.45) is 16.3. The van der Waals surface area contributed by atoms with Crippen LogP contribution in [0.4, 0.5) is 0 Å². The van der Waals surface area contributed by atoms with Crippen LogP contribution in [-0.2, 0) is 23.2 Å². The second kappa shape index (κ2) is 17.4. The largest absolute Gasteiger partial charge is 1.00 e. The first-order valence-corrected chi connectivity index (χ1v) is 21.0. The molecular weight excluding hydrogens is 632 g/mol. The van der Waals surface area contributed by atoms with Crippen molar-refractivity contribution in [1.82, 2.24) is 0 Å². The van der Waals surface area contributed by atoms with Gasteiger partial charge in [0.25, 0.3) is 0 Å². The van der Waals surface area contributed by atoms with E-state index in [0.29, 0.717) is 0 Å². The Balaban J connectivity index is 0.00000267. The van der Waals surface area contributed by atoms with Crippen LogP contribution in [0, 0.1) is 0 Å². The van der Waals surface area contributed by atoms with E-state index in [1.54, 1.807) is 22.3 Å². The van der Waals surface area contributed by atoms with Crippen molar-refractivity contribution in [2.75, 3.05) is 12.3 Å². The Morgan fingerprint density at radius 1 is 0.667 bits per heavy atom. The fourth-order valence-electron chi connectivity index (χ4n) is 6.03. The van der Waals surface area contributed by atoms with Crippen molar-refractivity contribution in [1.29, 1.82) is 0 Å². The number of hydrogen-bond acceptors (Lipinski definition) is 0. The van der Waals surface area contributed by atoms with Gasteiger partial charge in [-0.3, -0.25) is 0 Å². The fourth-order valence-corrected chi connectivity index (χ4v) is 20.0. The van der Waals surface area contributed by atoms with Crippen LogP contribution in [0.25, 0.3) is 12.2 Å². The Labute approximate surface area is 266 Å². The zero-order chi connectivity index (χ0) is 26.4. The minimum atomic E-state index is -0.849. The normalized spacial score (nSPS) is 19.6. The quantitative estimate of drug-likeness (QED) is 0.234. The Hall–Kier alpha value is 0.243. The van der Waals surface area contributed by atoms with Crippen molar-refractivity contribution < 1.29 is 48.0 Å². The monoisotopic (exact) mass is 678 g/mol. The van der Waals surface area contributed by atoms with E-state index in [1.165, 1.54) is 50.8 Å². The van der Waals surface area contributed by atoms with Gasteiger partial charge in [0.2, 0.25) is 0 Å². The van der Waals surface area contributed by atoms with E-state index < -0.39 is 23.2 Å². The second-order valence-electron chi connectivity index (χ2n) is 11.0. The molecule has 0 nitrogen and oxygen atoms in total. The molecule has 212 valence electrons. The van der Waals surface area contributed by atoms with Gasteiger partial charge in [0.1, 0.15) is 0 Å². The molecule has 0 aliphatic heterocycles. The molecule has 0 radical (unpaired) electrons. The van der Waals surface area contributed by atoms with Gasteiger partial charge in [-0.15, -0.1) is 0 Å². The van der Waals surface area contributed by atoms with Crippen LogP contribution in [0.15, 0.2) is 59.2 Å². The fraction of sp³-hybridized carbons (Fsp3) is 0.529. The van der Waals surface area contributed by atoms with Gasteiger partial charge in [-0.05, 0) is 0 Å². The van der Waals surface area contributed by atoms with Crippen LogP contribution in [0.2, 0.25) is 0 Å². The molecule has 0 amide bonds. The third-order valence-corrected chi connectivity index (χ3v) is 20.8. The summed E-state index contributed by atoms with van der Waals surface area (Å²) in [6, 6.07) is 19.0. The van der Waals surface area contributed by atoms with E-state index in [9.17, 15) is 0 Å². The maximum Gasteiger partial charge on any atom is -1.00 e. The number of halogens is 2. The first kappa shape index (κ1) is 35.4. The topological polar surface area (TPSA) is 0 Å². The van der Waals surface area contributed by atoms with Gasteiger partial charge in [-0.1, -0.05) is 0 Å². The Morgan fingerprint density at radius 3 is 1.56 bits per heavy atom. The molecule has 0 N–H and O–H groups in total. The predicted octanol–water partition coefficient (Wildman–Crippen LogP) is 5.43. The number of rotatable bonds is 14. The molecule has 4 atom stereocenters. The molecule has 0 aromatic heterocycles. The summed E-state index contributed by atoms with van der Waals surface area (Å²) < 4.78 is 1.49. The Bertz CT molecular complexity index is 1080. The number of hydrogen-bond donors (Lipinski definition) is 0. The summed E-state index contributed by atoms with van der Waals surface area (Å²) in [4.78, 5) is 0. The molecule has 0 fully saturated rings. The van der Waals surface area contributed by atoms with Gasteiger partial charge in [0.05, 0.1) is 0 Å². The van der Waals surface area contributed by atoms with Crippen LogP contribution < -0.4 is 24.8 Å². The van der Waals surface area contributed by atoms with Crippen molar-refractivity contribution in [2.24, 2.45) is 0 Å². The third-order valence-electron chi connectivity index (χ3n) is 8.50. The SMILES string of the molecule is CCCCP(CCCC)C1=Cc2ccccc2[CH]1[Zr+2][CH]1C(P(C(C)CC)C(C)CC)=Cc2ccccc21.[Cl-].[Cl-]. The molecule has 39 heavy (non-hydrogen) atoms. The molecule has 2 aromatic rings. The van der Waals surface area contributed by atoms with Gasteiger partial charge in [0.15, 0.2) is 0 Å². The zero-order valence-corrected chi connectivity index (χ0v) is 30.6. The summed E-state index contributed by atoms with van der Waals surface area (Å²) in [5.41, 5.74) is 8.07. The van der Waals surface area contributed by atoms with Gasteiger partial charge in [-0.2, -0.15) is 0 Å². The molecule has 0 bridgehead atoms. The Kier molecular flexibility index (Phi) is 15.8. The molecule has 4 unspecified atom stereocenters. The molecule has 2 aliphatic rings. The third kappa shape index (κ3) is 8.21. The average Bonchev–Trinajstić information content (AvgIpc) is 3.47. The summed E-state index contributed by atoms with van der Waals surface area (Å²) in [6.45, 7) is 14.7. The molecule has 0 heterocycles. The van der Waals surface area contributed by atoms with Crippen molar-refractivity contribution >= 4 is 28.0 Å². The molecule has 0 spiro atoms. The molecule has 5 heteroatoms. The standard InChI is InChI=1S/2C17H24P.2ClH.Zr/c1-5-13(3)18(14(4)6-2)17-11-15-9-7-8-10-16(15)12-17;1-3-5-11-18(12-6-4-2)17-13-15-9-7-8-10-16(15)14-17;;;/h7-14H,5-6H2,1-4H3;7-10,13-14H,3-6,11-12H2,1-2H3;2*1H;/q;;;;+2/p-2. The van der Waals surface area contributed by atoms with Crippen molar-refractivity contribution in [3.8, 4) is 0 Å². The van der Waals surface area contributed by atoms with Crippen molar-refractivity contribution in [3.05, 3.63) is 81.4 Å². The van der Waals surface area contributed by atoms with Crippen molar-refractivity contribution in [2.45, 2.75) is 98.6 Å². The predicted molar refractivity (Wildman–Crippen MR) is 167 cm³/mol. The number of unbranched alkanes of at least 4 members (excludes halogenated alkanes) is 2. The van der Waals surface area contributed by atoms with E-state index in [1.807, 2.05) is 10.6 Å². The zero-order valence-electron chi connectivity index (χ0n) is 24.9. The van der Waals surface area contributed by atoms with E-state index in [4.69, 9.17) is 0 Å². The summed E-state index contributed by atoms with van der Waals surface area (Å²) in [5.74, 6) is 0. The van der Waals surface area contributed by atoms with E-state index >= 15 is 0 Å². The summed E-state index contributed by atoms with van der Waals surface area (Å²) >= 11 is -0.849. The van der Waals surface area contributed by atoms with E-state index in [-0.39, 0.29) is 40.7 Å². The second-order valence-corrected chi connectivity index (χ2v) is 20.3. The van der Waals surface area contributed by atoms with Crippen LogP contribution in [0.3, 0.4) is 0 Å². The van der Waals surface area contributed by atoms with Crippen LogP contribution in [0.1, 0.15) is 110 Å². The minimum Gasteiger partial charge on any atom is -1.00 e. The van der Waals surface area contributed by atoms with E-state index in [0.717, 1.165) is 18.6 Å². The average molecular weight is 681 g/mol. The smallest absolute Gasteiger partial charge is 1.00 e. The van der Waals surface area contributed by atoms with E-state index in [2.05, 4.69) is 102 Å². The molecule has 4 rings (SSSR count). The number of fused-ring (bicyclic) bond motifs is 2. The van der Waals surface area contributed by atoms with Crippen molar-refractivity contribution in [3.63, 3.8) is 0 Å². The van der Waals surface area contributed by atoms with Crippen LogP contribution in [-0.4, -0.2) is 23.6 Å². The molecule has 2 aliphatic carbocycles. The van der Waals surface area contributed by atoms with Crippen LogP contribution >= 0.6 is 15.8 Å². The number of benzene rings is 2. The van der Waals surface area contributed by atoms with Crippen LogP contribution in [0.5, 0.6) is 0 Å². The maximum absolute atomic E-state index is 2.69. The first-order valence-electron chi connectivity index (χ1n) is 14.9. The maximum atomic E-state index is 2.69. The Morgan fingerprint density at radius 2 is 1.10 bits per heavy atom. The molecular formula is C34H48Cl2P2Zr. The first-order chi connectivity index (χ1) is 18.0.